The summed E-state index contributed by atoms with van der Waals surface area (Å²) in [6.07, 6.45) is 4.63. The van der Waals surface area contributed by atoms with Crippen LogP contribution in [0.4, 0.5) is 0 Å². The zero-order valence-corrected chi connectivity index (χ0v) is 13.8. The van der Waals surface area contributed by atoms with Crippen LogP contribution < -0.4 is 5.56 Å². The van der Waals surface area contributed by atoms with E-state index in [1.54, 1.807) is 0 Å². The van der Waals surface area contributed by atoms with Crippen LogP contribution in [0.2, 0.25) is 5.02 Å². The molecule has 1 amide bonds. The second-order valence-electron chi connectivity index (χ2n) is 6.13. The van der Waals surface area contributed by atoms with E-state index in [2.05, 4.69) is 9.88 Å². The van der Waals surface area contributed by atoms with Gasteiger partial charge in [0, 0.05) is 38.4 Å². The van der Waals surface area contributed by atoms with Crippen molar-refractivity contribution in [3.8, 4) is 0 Å². The summed E-state index contributed by atoms with van der Waals surface area (Å²) in [5.74, 6) is -0.0545. The van der Waals surface area contributed by atoms with Crippen molar-refractivity contribution in [2.24, 2.45) is 0 Å². The number of likely N-dealkylation sites (tertiary alicyclic amines) is 1. The van der Waals surface area contributed by atoms with Gasteiger partial charge in [-0.25, -0.2) is 0 Å². The highest BCUT2D eigenvalue weighted by Gasteiger charge is 2.29. The van der Waals surface area contributed by atoms with Gasteiger partial charge in [-0.3, -0.25) is 14.5 Å². The number of ether oxygens (including phenoxy) is 1. The Balaban J connectivity index is 1.72. The average molecular weight is 340 g/mol. The first-order valence-electron chi connectivity index (χ1n) is 8.14. The molecular weight excluding hydrogens is 318 g/mol. The summed E-state index contributed by atoms with van der Waals surface area (Å²) in [5, 5.41) is 0.0533. The monoisotopic (exact) mass is 339 g/mol. The van der Waals surface area contributed by atoms with Crippen LogP contribution in [0.15, 0.2) is 17.1 Å². The number of H-pyrrole nitrogens is 1. The lowest BCUT2D eigenvalue weighted by atomic mass is 10.00. The lowest BCUT2D eigenvalue weighted by molar-refractivity contribution is 0.0166. The highest BCUT2D eigenvalue weighted by atomic mass is 35.5. The molecule has 0 spiro atoms. The Morgan fingerprint density at radius 3 is 2.83 bits per heavy atom. The Morgan fingerprint density at radius 2 is 2.09 bits per heavy atom. The molecule has 2 saturated heterocycles. The Labute approximate surface area is 140 Å². The smallest absolute Gasteiger partial charge is 0.266 e. The summed E-state index contributed by atoms with van der Waals surface area (Å²) in [6, 6.07) is 1.67. The minimum absolute atomic E-state index is 0.0533. The number of aromatic amines is 1. The van der Waals surface area contributed by atoms with Gasteiger partial charge in [-0.15, -0.1) is 0 Å². The summed E-state index contributed by atoms with van der Waals surface area (Å²) in [6.45, 7) is 5.00. The zero-order valence-electron chi connectivity index (χ0n) is 13.1. The summed E-state index contributed by atoms with van der Waals surface area (Å²) in [7, 11) is 0. The Hall–Kier alpha value is -1.37. The molecular formula is C16H22ClN3O3. The average Bonchev–Trinajstić information content (AvgIpc) is 2.58. The lowest BCUT2D eigenvalue weighted by Crippen LogP contribution is -2.51. The molecule has 2 fully saturated rings. The number of morpholine rings is 1. The van der Waals surface area contributed by atoms with Crippen LogP contribution in [0, 0.1) is 0 Å². The van der Waals surface area contributed by atoms with E-state index in [-0.39, 0.29) is 22.5 Å². The van der Waals surface area contributed by atoms with Gasteiger partial charge in [-0.2, -0.15) is 0 Å². The van der Waals surface area contributed by atoms with Crippen molar-refractivity contribution in [3.63, 3.8) is 0 Å². The molecule has 0 bridgehead atoms. The number of nitrogens with one attached hydrogen (secondary N) is 1. The van der Waals surface area contributed by atoms with E-state index < -0.39 is 0 Å². The molecule has 7 heteroatoms. The number of hydrogen-bond acceptors (Lipinski definition) is 4. The number of piperidine rings is 1. The number of rotatable bonds is 3. The second-order valence-corrected chi connectivity index (χ2v) is 6.53. The van der Waals surface area contributed by atoms with Crippen LogP contribution >= 0.6 is 11.6 Å². The predicted octanol–water partition coefficient (Wildman–Crippen LogP) is 1.36. The largest absolute Gasteiger partial charge is 0.379 e. The molecule has 3 rings (SSSR count). The maximum atomic E-state index is 12.8. The standard InChI is InChI=1S/C16H22ClN3O3/c17-14-9-12(10-18-15(14)21)16(22)20-4-2-1-3-13(20)11-19-5-7-23-8-6-19/h9-10,13H,1-8,11H2,(H,18,21). The number of hydrogen-bond donors (Lipinski definition) is 1. The van der Waals surface area contributed by atoms with Gasteiger partial charge in [-0.05, 0) is 25.3 Å². The first-order chi connectivity index (χ1) is 11.1. The molecule has 1 unspecified atom stereocenters. The van der Waals surface area contributed by atoms with Crippen molar-refractivity contribution in [2.75, 3.05) is 39.4 Å². The van der Waals surface area contributed by atoms with Crippen LogP contribution in [-0.4, -0.2) is 66.1 Å². The predicted molar refractivity (Wildman–Crippen MR) is 88.0 cm³/mol. The van der Waals surface area contributed by atoms with E-state index in [0.717, 1.165) is 58.7 Å². The molecule has 0 saturated carbocycles. The summed E-state index contributed by atoms with van der Waals surface area (Å²) in [5.41, 5.74) is 0.0789. The van der Waals surface area contributed by atoms with Gasteiger partial charge in [0.2, 0.25) is 0 Å². The van der Waals surface area contributed by atoms with Crippen LogP contribution in [0.5, 0.6) is 0 Å². The second kappa shape index (κ2) is 7.47. The number of amides is 1. The molecule has 3 heterocycles. The van der Waals surface area contributed by atoms with E-state index in [4.69, 9.17) is 16.3 Å². The molecule has 2 aliphatic rings. The fourth-order valence-electron chi connectivity index (χ4n) is 3.28. The number of carbonyl (C=O) groups is 1. The zero-order chi connectivity index (χ0) is 16.2. The fourth-order valence-corrected chi connectivity index (χ4v) is 3.46. The normalized spacial score (nSPS) is 23.0. The SMILES string of the molecule is O=C(c1c[nH]c(=O)c(Cl)c1)N1CCCCC1CN1CCOCC1. The molecule has 6 nitrogen and oxygen atoms in total. The van der Waals surface area contributed by atoms with Gasteiger partial charge in [0.1, 0.15) is 5.02 Å². The first-order valence-corrected chi connectivity index (χ1v) is 8.52. The van der Waals surface area contributed by atoms with E-state index >= 15 is 0 Å². The van der Waals surface area contributed by atoms with Crippen molar-refractivity contribution in [1.82, 2.24) is 14.8 Å². The number of nitrogens with zero attached hydrogens (tertiary/aromatic N) is 2. The van der Waals surface area contributed by atoms with Gasteiger partial charge >= 0.3 is 0 Å². The van der Waals surface area contributed by atoms with Crippen LogP contribution in [-0.2, 0) is 4.74 Å². The quantitative estimate of drug-likeness (QED) is 0.903. The highest BCUT2D eigenvalue weighted by molar-refractivity contribution is 6.30. The van der Waals surface area contributed by atoms with Gasteiger partial charge in [-0.1, -0.05) is 11.6 Å². The van der Waals surface area contributed by atoms with Gasteiger partial charge in [0.25, 0.3) is 11.5 Å². The van der Waals surface area contributed by atoms with Crippen molar-refractivity contribution in [2.45, 2.75) is 25.3 Å². The molecule has 2 aliphatic heterocycles. The topological polar surface area (TPSA) is 65.6 Å². The van der Waals surface area contributed by atoms with Gasteiger partial charge in [0.05, 0.1) is 18.8 Å². The minimum Gasteiger partial charge on any atom is -0.379 e. The molecule has 126 valence electrons. The minimum atomic E-state index is -0.369. The van der Waals surface area contributed by atoms with E-state index in [1.165, 1.54) is 12.3 Å². The number of pyridine rings is 1. The summed E-state index contributed by atoms with van der Waals surface area (Å²) < 4.78 is 5.39. The van der Waals surface area contributed by atoms with E-state index in [1.807, 2.05) is 4.90 Å². The third-order valence-corrected chi connectivity index (χ3v) is 4.85. The van der Waals surface area contributed by atoms with E-state index in [9.17, 15) is 9.59 Å². The third kappa shape index (κ3) is 3.94. The number of halogens is 1. The molecule has 0 aliphatic carbocycles. The molecule has 0 aromatic carbocycles. The van der Waals surface area contributed by atoms with Crippen molar-refractivity contribution in [1.29, 1.82) is 0 Å². The van der Waals surface area contributed by atoms with Gasteiger partial charge in [0.15, 0.2) is 0 Å². The van der Waals surface area contributed by atoms with Gasteiger partial charge < -0.3 is 14.6 Å². The molecule has 1 aromatic rings. The maximum Gasteiger partial charge on any atom is 0.266 e. The van der Waals surface area contributed by atoms with Crippen molar-refractivity contribution in [3.05, 3.63) is 33.2 Å². The number of carbonyl (C=O) groups excluding carboxylic acids is 1. The van der Waals surface area contributed by atoms with Crippen molar-refractivity contribution >= 4 is 17.5 Å². The maximum absolute atomic E-state index is 12.8. The Bertz CT molecular complexity index is 613. The molecule has 1 atom stereocenters. The fraction of sp³-hybridized carbons (Fsp3) is 0.625. The summed E-state index contributed by atoms with van der Waals surface area (Å²) in [4.78, 5) is 31.0. The summed E-state index contributed by atoms with van der Waals surface area (Å²) >= 11 is 5.85. The van der Waals surface area contributed by atoms with Crippen LogP contribution in [0.3, 0.4) is 0 Å². The molecule has 0 radical (unpaired) electrons. The molecule has 1 aromatic heterocycles. The molecule has 1 N–H and O–H groups in total. The Morgan fingerprint density at radius 1 is 1.30 bits per heavy atom. The van der Waals surface area contributed by atoms with Crippen LogP contribution in [0.1, 0.15) is 29.6 Å². The Kier molecular flexibility index (Phi) is 5.35. The first kappa shape index (κ1) is 16.5. The lowest BCUT2D eigenvalue weighted by Gasteiger charge is -2.39. The number of aromatic nitrogens is 1. The highest BCUT2D eigenvalue weighted by Crippen LogP contribution is 2.21. The third-order valence-electron chi connectivity index (χ3n) is 4.57. The van der Waals surface area contributed by atoms with Crippen LogP contribution in [0.25, 0.3) is 0 Å². The van der Waals surface area contributed by atoms with Crippen molar-refractivity contribution < 1.29 is 9.53 Å². The molecule has 23 heavy (non-hydrogen) atoms. The van der Waals surface area contributed by atoms with E-state index in [0.29, 0.717) is 5.56 Å².